The maximum absolute atomic E-state index is 5.99. The zero-order valence-electron chi connectivity index (χ0n) is 11.6. The van der Waals surface area contributed by atoms with Crippen LogP contribution in [0.3, 0.4) is 0 Å². The summed E-state index contributed by atoms with van der Waals surface area (Å²) in [6.45, 7) is 7.22. The van der Waals surface area contributed by atoms with Gasteiger partial charge in [-0.05, 0) is 48.2 Å². The molecular weight excluding hydrogens is 320 g/mol. The van der Waals surface area contributed by atoms with Crippen LogP contribution in [-0.4, -0.2) is 0 Å². The highest BCUT2D eigenvalue weighted by atomic mass is 79.9. The molecule has 2 aromatic rings. The number of hydrogen-bond acceptors (Lipinski definition) is 2. The summed E-state index contributed by atoms with van der Waals surface area (Å²) in [7, 11) is 0. The highest BCUT2D eigenvalue weighted by Gasteiger charge is 2.09. The smallest absolute Gasteiger partial charge is 0.123 e. The molecule has 3 heteroatoms. The molecule has 0 fully saturated rings. The molecule has 1 heterocycles. The Morgan fingerprint density at radius 2 is 1.89 bits per heavy atom. The Labute approximate surface area is 127 Å². The van der Waals surface area contributed by atoms with E-state index in [9.17, 15) is 0 Å². The molecule has 0 aliphatic carbocycles. The maximum atomic E-state index is 5.99. The molecule has 1 aromatic heterocycles. The summed E-state index contributed by atoms with van der Waals surface area (Å²) in [6.07, 6.45) is 1.10. The van der Waals surface area contributed by atoms with Crippen molar-refractivity contribution >= 4 is 27.3 Å². The molecule has 0 saturated heterocycles. The monoisotopic (exact) mass is 338 g/mol. The molecule has 0 spiro atoms. The average Bonchev–Trinajstić information content (AvgIpc) is 2.85. The van der Waals surface area contributed by atoms with Crippen LogP contribution in [0.15, 0.2) is 34.8 Å². The van der Waals surface area contributed by atoms with Gasteiger partial charge in [0.15, 0.2) is 0 Å². The van der Waals surface area contributed by atoms with Crippen molar-refractivity contribution in [2.45, 2.75) is 39.7 Å². The number of hydrogen-bond donors (Lipinski definition) is 0. The lowest BCUT2D eigenvalue weighted by molar-refractivity contribution is 0.305. The molecule has 0 amide bonds. The van der Waals surface area contributed by atoms with Gasteiger partial charge in [-0.2, -0.15) is 0 Å². The van der Waals surface area contributed by atoms with Crippen LogP contribution in [0.1, 0.15) is 42.0 Å². The number of ether oxygens (including phenoxy) is 1. The second-order valence-corrected chi connectivity index (χ2v) is 7.02. The van der Waals surface area contributed by atoms with Gasteiger partial charge in [0, 0.05) is 14.2 Å². The fourth-order valence-electron chi connectivity index (χ4n) is 1.94. The summed E-state index contributed by atoms with van der Waals surface area (Å²) >= 11 is 5.36. The average molecular weight is 339 g/mol. The van der Waals surface area contributed by atoms with Crippen LogP contribution in [0.5, 0.6) is 5.75 Å². The van der Waals surface area contributed by atoms with E-state index in [1.54, 1.807) is 0 Å². The Morgan fingerprint density at radius 1 is 1.16 bits per heavy atom. The zero-order valence-corrected chi connectivity index (χ0v) is 14.0. The molecule has 0 atom stereocenters. The van der Waals surface area contributed by atoms with E-state index < -0.39 is 0 Å². The predicted octanol–water partition coefficient (Wildman–Crippen LogP) is 5.78. The Hall–Kier alpha value is -0.800. The SMILES string of the molecule is CCc1ccc(COc2ccc(Br)cc2C(C)C)s1. The Bertz CT molecular complexity index is 545. The van der Waals surface area contributed by atoms with Crippen molar-refractivity contribution < 1.29 is 4.74 Å². The molecule has 0 aliphatic heterocycles. The van der Waals surface area contributed by atoms with E-state index in [1.807, 2.05) is 23.5 Å². The zero-order chi connectivity index (χ0) is 13.8. The minimum absolute atomic E-state index is 0.460. The molecule has 0 bridgehead atoms. The number of thiophene rings is 1. The molecule has 0 aliphatic rings. The number of benzene rings is 1. The highest BCUT2D eigenvalue weighted by molar-refractivity contribution is 9.10. The minimum atomic E-state index is 0.460. The van der Waals surface area contributed by atoms with Gasteiger partial charge in [0.1, 0.15) is 12.4 Å². The molecular formula is C16H19BrOS. The van der Waals surface area contributed by atoms with Gasteiger partial charge in [-0.3, -0.25) is 0 Å². The first-order valence-electron chi connectivity index (χ1n) is 6.60. The topological polar surface area (TPSA) is 9.23 Å². The highest BCUT2D eigenvalue weighted by Crippen LogP contribution is 2.30. The third kappa shape index (κ3) is 3.83. The van der Waals surface area contributed by atoms with E-state index in [-0.39, 0.29) is 0 Å². The van der Waals surface area contributed by atoms with Gasteiger partial charge in [0.25, 0.3) is 0 Å². The van der Waals surface area contributed by atoms with Crippen molar-refractivity contribution in [3.8, 4) is 5.75 Å². The maximum Gasteiger partial charge on any atom is 0.123 e. The van der Waals surface area contributed by atoms with Gasteiger partial charge in [-0.1, -0.05) is 36.7 Å². The number of aryl methyl sites for hydroxylation is 1. The summed E-state index contributed by atoms with van der Waals surface area (Å²) in [5.41, 5.74) is 1.25. The van der Waals surface area contributed by atoms with Gasteiger partial charge in [-0.15, -0.1) is 11.3 Å². The lowest BCUT2D eigenvalue weighted by Gasteiger charge is -2.14. The van der Waals surface area contributed by atoms with Crippen LogP contribution in [0, 0.1) is 0 Å². The lowest BCUT2D eigenvalue weighted by Crippen LogP contribution is -1.98. The van der Waals surface area contributed by atoms with Gasteiger partial charge in [-0.25, -0.2) is 0 Å². The van der Waals surface area contributed by atoms with Crippen molar-refractivity contribution in [1.29, 1.82) is 0 Å². The van der Waals surface area contributed by atoms with Gasteiger partial charge < -0.3 is 4.74 Å². The van der Waals surface area contributed by atoms with Crippen LogP contribution < -0.4 is 4.74 Å². The predicted molar refractivity (Wildman–Crippen MR) is 86.3 cm³/mol. The first kappa shape index (κ1) is 14.6. The van der Waals surface area contributed by atoms with Crippen molar-refractivity contribution in [2.75, 3.05) is 0 Å². The normalized spacial score (nSPS) is 11.0. The Balaban J connectivity index is 2.10. The molecule has 0 unspecified atom stereocenters. The van der Waals surface area contributed by atoms with Crippen molar-refractivity contribution in [3.05, 3.63) is 50.1 Å². The fraction of sp³-hybridized carbons (Fsp3) is 0.375. The standard InChI is InChI=1S/C16H19BrOS/c1-4-13-6-7-14(19-13)10-18-16-8-5-12(17)9-15(16)11(2)3/h5-9,11H,4,10H2,1-3H3. The van der Waals surface area contributed by atoms with E-state index in [0.717, 1.165) is 16.6 Å². The number of rotatable bonds is 5. The molecule has 0 saturated carbocycles. The van der Waals surface area contributed by atoms with Gasteiger partial charge >= 0.3 is 0 Å². The largest absolute Gasteiger partial charge is 0.488 e. The van der Waals surface area contributed by atoms with Gasteiger partial charge in [0.2, 0.25) is 0 Å². The van der Waals surface area contributed by atoms with E-state index in [1.165, 1.54) is 15.3 Å². The van der Waals surface area contributed by atoms with E-state index in [2.05, 4.69) is 54.9 Å². The van der Waals surface area contributed by atoms with E-state index in [0.29, 0.717) is 12.5 Å². The molecule has 1 aromatic carbocycles. The molecule has 0 radical (unpaired) electrons. The second kappa shape index (κ2) is 6.58. The first-order valence-corrected chi connectivity index (χ1v) is 8.21. The molecule has 102 valence electrons. The van der Waals surface area contributed by atoms with Crippen LogP contribution in [0.2, 0.25) is 0 Å². The molecule has 19 heavy (non-hydrogen) atoms. The Morgan fingerprint density at radius 3 is 2.53 bits per heavy atom. The van der Waals surface area contributed by atoms with Crippen LogP contribution in [0.4, 0.5) is 0 Å². The second-order valence-electron chi connectivity index (χ2n) is 4.85. The quantitative estimate of drug-likeness (QED) is 0.671. The fourth-order valence-corrected chi connectivity index (χ4v) is 3.19. The summed E-state index contributed by atoms with van der Waals surface area (Å²) in [6, 6.07) is 10.6. The van der Waals surface area contributed by atoms with Crippen molar-refractivity contribution in [1.82, 2.24) is 0 Å². The van der Waals surface area contributed by atoms with Crippen molar-refractivity contribution in [2.24, 2.45) is 0 Å². The summed E-state index contributed by atoms with van der Waals surface area (Å²) in [5, 5.41) is 0. The first-order chi connectivity index (χ1) is 9.10. The number of halogens is 1. The summed E-state index contributed by atoms with van der Waals surface area (Å²) in [4.78, 5) is 2.70. The van der Waals surface area contributed by atoms with Crippen LogP contribution in [0.25, 0.3) is 0 Å². The molecule has 0 N–H and O–H groups in total. The molecule has 2 rings (SSSR count). The van der Waals surface area contributed by atoms with Gasteiger partial charge in [0.05, 0.1) is 0 Å². The van der Waals surface area contributed by atoms with Crippen molar-refractivity contribution in [3.63, 3.8) is 0 Å². The Kier molecular flexibility index (Phi) is 5.06. The van der Waals surface area contributed by atoms with E-state index >= 15 is 0 Å². The third-order valence-electron chi connectivity index (χ3n) is 3.03. The summed E-state index contributed by atoms with van der Waals surface area (Å²) < 4.78 is 7.09. The molecule has 1 nitrogen and oxygen atoms in total. The van der Waals surface area contributed by atoms with Crippen LogP contribution >= 0.6 is 27.3 Å². The third-order valence-corrected chi connectivity index (χ3v) is 4.73. The minimum Gasteiger partial charge on any atom is -0.488 e. The lowest BCUT2D eigenvalue weighted by atomic mass is 10.0. The van der Waals surface area contributed by atoms with E-state index in [4.69, 9.17) is 4.74 Å². The summed E-state index contributed by atoms with van der Waals surface area (Å²) in [5.74, 6) is 1.45. The van der Waals surface area contributed by atoms with Crippen LogP contribution in [-0.2, 0) is 13.0 Å².